The Morgan fingerprint density at radius 3 is 2.39 bits per heavy atom. The molecule has 1 N–H and O–H groups in total. The molecular formula is C12H9Cl3N2O. The number of hydrazone groups is 1. The molecule has 0 bridgehead atoms. The third kappa shape index (κ3) is 3.19. The summed E-state index contributed by atoms with van der Waals surface area (Å²) < 4.78 is 5.32. The van der Waals surface area contributed by atoms with E-state index in [1.165, 1.54) is 6.21 Å². The molecule has 0 atom stereocenters. The molecule has 0 aliphatic rings. The van der Waals surface area contributed by atoms with E-state index >= 15 is 0 Å². The van der Waals surface area contributed by atoms with Gasteiger partial charge in [0.2, 0.25) is 0 Å². The van der Waals surface area contributed by atoms with E-state index in [9.17, 15) is 0 Å². The lowest BCUT2D eigenvalue weighted by Crippen LogP contribution is -1.92. The highest BCUT2D eigenvalue weighted by Gasteiger charge is 2.06. The van der Waals surface area contributed by atoms with Gasteiger partial charge in [-0.25, -0.2) is 0 Å². The van der Waals surface area contributed by atoms with E-state index < -0.39 is 0 Å². The van der Waals surface area contributed by atoms with Crippen LogP contribution in [-0.4, -0.2) is 6.21 Å². The van der Waals surface area contributed by atoms with Crippen molar-refractivity contribution in [3.63, 3.8) is 0 Å². The van der Waals surface area contributed by atoms with Crippen LogP contribution in [-0.2, 0) is 0 Å². The molecule has 6 heteroatoms. The lowest BCUT2D eigenvalue weighted by Gasteiger charge is -2.05. The fraction of sp³-hybridized carbons (Fsp3) is 0.0833. The summed E-state index contributed by atoms with van der Waals surface area (Å²) in [5.74, 6) is 1.46. The SMILES string of the molecule is Cc1ccc(/C=N/Nc2c(Cl)cc(Cl)cc2Cl)o1. The fourth-order valence-corrected chi connectivity index (χ4v) is 2.23. The van der Waals surface area contributed by atoms with Crippen molar-refractivity contribution in [1.29, 1.82) is 0 Å². The van der Waals surface area contributed by atoms with Gasteiger partial charge in [-0.1, -0.05) is 34.8 Å². The van der Waals surface area contributed by atoms with Crippen molar-refractivity contribution >= 4 is 46.7 Å². The van der Waals surface area contributed by atoms with Crippen molar-refractivity contribution in [3.05, 3.63) is 50.9 Å². The van der Waals surface area contributed by atoms with Gasteiger partial charge in [-0.05, 0) is 31.2 Å². The van der Waals surface area contributed by atoms with Crippen LogP contribution in [0.3, 0.4) is 0 Å². The minimum Gasteiger partial charge on any atom is -0.460 e. The zero-order chi connectivity index (χ0) is 13.1. The van der Waals surface area contributed by atoms with E-state index in [1.54, 1.807) is 12.1 Å². The predicted octanol–water partition coefficient (Wildman–Crippen LogP) is 4.99. The Labute approximate surface area is 119 Å². The smallest absolute Gasteiger partial charge is 0.147 e. The van der Waals surface area contributed by atoms with Gasteiger partial charge in [0.1, 0.15) is 11.5 Å². The van der Waals surface area contributed by atoms with E-state index in [0.29, 0.717) is 26.5 Å². The third-order valence-corrected chi connectivity index (χ3v) is 2.95. The Bertz CT molecular complexity index is 570. The van der Waals surface area contributed by atoms with Gasteiger partial charge in [0.15, 0.2) is 0 Å². The summed E-state index contributed by atoms with van der Waals surface area (Å²) >= 11 is 17.8. The summed E-state index contributed by atoms with van der Waals surface area (Å²) in [5, 5.41) is 5.28. The second-order valence-corrected chi connectivity index (χ2v) is 4.81. The molecule has 1 aromatic carbocycles. The monoisotopic (exact) mass is 302 g/mol. The number of halogens is 3. The van der Waals surface area contributed by atoms with Gasteiger partial charge < -0.3 is 4.42 Å². The average molecular weight is 304 g/mol. The number of hydrogen-bond acceptors (Lipinski definition) is 3. The summed E-state index contributed by atoms with van der Waals surface area (Å²) in [6.45, 7) is 1.86. The maximum Gasteiger partial charge on any atom is 0.147 e. The van der Waals surface area contributed by atoms with Gasteiger partial charge in [0.05, 0.1) is 21.9 Å². The number of nitrogens with zero attached hydrogens (tertiary/aromatic N) is 1. The lowest BCUT2D eigenvalue weighted by molar-refractivity contribution is 0.528. The molecule has 0 radical (unpaired) electrons. The Balaban J connectivity index is 2.13. The van der Waals surface area contributed by atoms with Crippen LogP contribution in [0.5, 0.6) is 0 Å². The highest BCUT2D eigenvalue weighted by atomic mass is 35.5. The summed E-state index contributed by atoms with van der Waals surface area (Å²) in [6, 6.07) is 6.84. The van der Waals surface area contributed by atoms with Crippen molar-refractivity contribution in [2.75, 3.05) is 5.43 Å². The van der Waals surface area contributed by atoms with Gasteiger partial charge in [-0.15, -0.1) is 0 Å². The maximum absolute atomic E-state index is 5.99. The van der Waals surface area contributed by atoms with Crippen LogP contribution in [0.2, 0.25) is 15.1 Å². The zero-order valence-electron chi connectivity index (χ0n) is 9.38. The molecule has 3 nitrogen and oxygen atoms in total. The summed E-state index contributed by atoms with van der Waals surface area (Å²) in [7, 11) is 0. The molecule has 2 rings (SSSR count). The van der Waals surface area contributed by atoms with Crippen LogP contribution < -0.4 is 5.43 Å². The topological polar surface area (TPSA) is 37.5 Å². The Morgan fingerprint density at radius 1 is 1.17 bits per heavy atom. The van der Waals surface area contributed by atoms with Crippen LogP contribution in [0.4, 0.5) is 5.69 Å². The minimum absolute atomic E-state index is 0.403. The van der Waals surface area contributed by atoms with Crippen LogP contribution >= 0.6 is 34.8 Å². The van der Waals surface area contributed by atoms with Gasteiger partial charge in [0, 0.05) is 5.02 Å². The largest absolute Gasteiger partial charge is 0.460 e. The minimum atomic E-state index is 0.403. The van der Waals surface area contributed by atoms with Crippen LogP contribution in [0.15, 0.2) is 33.8 Å². The molecule has 0 fully saturated rings. The predicted molar refractivity (Wildman–Crippen MR) is 76.1 cm³/mol. The number of hydrogen-bond donors (Lipinski definition) is 1. The Hall–Kier alpha value is -1.16. The van der Waals surface area contributed by atoms with Crippen LogP contribution in [0.25, 0.3) is 0 Å². The molecule has 0 spiro atoms. The number of nitrogens with one attached hydrogen (secondary N) is 1. The molecule has 0 amide bonds. The van der Waals surface area contributed by atoms with Gasteiger partial charge in [0.25, 0.3) is 0 Å². The first-order chi connectivity index (χ1) is 8.56. The summed E-state index contributed by atoms with van der Waals surface area (Å²) in [5.41, 5.74) is 3.26. The molecule has 2 aromatic rings. The van der Waals surface area contributed by atoms with E-state index in [0.717, 1.165) is 5.76 Å². The molecule has 0 saturated heterocycles. The molecule has 1 aromatic heterocycles. The number of benzene rings is 1. The average Bonchev–Trinajstić information content (AvgIpc) is 2.68. The summed E-state index contributed by atoms with van der Waals surface area (Å²) in [4.78, 5) is 0. The zero-order valence-corrected chi connectivity index (χ0v) is 11.6. The van der Waals surface area contributed by atoms with E-state index in [1.807, 2.05) is 19.1 Å². The van der Waals surface area contributed by atoms with E-state index in [4.69, 9.17) is 39.2 Å². The third-order valence-electron chi connectivity index (χ3n) is 2.14. The Kier molecular flexibility index (Phi) is 4.17. The van der Waals surface area contributed by atoms with Crippen molar-refractivity contribution in [2.24, 2.45) is 5.10 Å². The first-order valence-corrected chi connectivity index (χ1v) is 6.19. The Morgan fingerprint density at radius 2 is 1.83 bits per heavy atom. The summed E-state index contributed by atoms with van der Waals surface area (Å²) in [6.07, 6.45) is 1.54. The second kappa shape index (κ2) is 5.65. The molecule has 0 saturated carbocycles. The maximum atomic E-state index is 5.99. The molecule has 0 aliphatic carbocycles. The molecule has 1 heterocycles. The molecular weight excluding hydrogens is 295 g/mol. The van der Waals surface area contributed by atoms with Crippen molar-refractivity contribution in [1.82, 2.24) is 0 Å². The van der Waals surface area contributed by atoms with Crippen molar-refractivity contribution in [3.8, 4) is 0 Å². The van der Waals surface area contributed by atoms with Gasteiger partial charge >= 0.3 is 0 Å². The first-order valence-electron chi connectivity index (χ1n) is 5.06. The lowest BCUT2D eigenvalue weighted by atomic mass is 10.3. The number of furan rings is 1. The van der Waals surface area contributed by atoms with E-state index in [2.05, 4.69) is 10.5 Å². The number of rotatable bonds is 3. The number of anilines is 1. The molecule has 94 valence electrons. The normalized spacial score (nSPS) is 11.1. The molecule has 0 unspecified atom stereocenters. The molecule has 0 aliphatic heterocycles. The van der Waals surface area contributed by atoms with Crippen LogP contribution in [0.1, 0.15) is 11.5 Å². The molecule has 18 heavy (non-hydrogen) atoms. The quantitative estimate of drug-likeness (QED) is 0.640. The van der Waals surface area contributed by atoms with Gasteiger partial charge in [-0.3, -0.25) is 5.43 Å². The van der Waals surface area contributed by atoms with Crippen LogP contribution in [0, 0.1) is 6.92 Å². The first kappa shape index (κ1) is 13.3. The van der Waals surface area contributed by atoms with Gasteiger partial charge in [-0.2, -0.15) is 5.10 Å². The highest BCUT2D eigenvalue weighted by Crippen LogP contribution is 2.33. The second-order valence-electron chi connectivity index (χ2n) is 3.56. The van der Waals surface area contributed by atoms with E-state index in [-0.39, 0.29) is 0 Å². The highest BCUT2D eigenvalue weighted by molar-refractivity contribution is 6.41. The number of aryl methyl sites for hydroxylation is 1. The fourth-order valence-electron chi connectivity index (χ4n) is 1.33. The van der Waals surface area contributed by atoms with Crippen molar-refractivity contribution < 1.29 is 4.42 Å². The standard InChI is InChI=1S/C12H9Cl3N2O/c1-7-2-3-9(18-7)6-16-17-12-10(14)4-8(13)5-11(12)15/h2-6,17H,1H3/b16-6+. The van der Waals surface area contributed by atoms with Crippen molar-refractivity contribution in [2.45, 2.75) is 6.92 Å².